The molecule has 4 nitrogen and oxygen atoms in total. The van der Waals surface area contributed by atoms with Crippen molar-refractivity contribution in [2.45, 2.75) is 25.0 Å². The van der Waals surface area contributed by atoms with E-state index in [1.54, 1.807) is 7.05 Å². The lowest BCUT2D eigenvalue weighted by Crippen LogP contribution is -2.42. The third-order valence-electron chi connectivity index (χ3n) is 3.47. The largest absolute Gasteiger partial charge is 0.375 e. The molecule has 2 rings (SSSR count). The van der Waals surface area contributed by atoms with Crippen LogP contribution in [0.25, 0.3) is 0 Å². The summed E-state index contributed by atoms with van der Waals surface area (Å²) < 4.78 is 31.6. The number of nitrogens with one attached hydrogen (secondary N) is 1. The molecule has 1 unspecified atom stereocenters. The maximum absolute atomic E-state index is 13.1. The van der Waals surface area contributed by atoms with E-state index in [1.807, 2.05) is 30.3 Å². The summed E-state index contributed by atoms with van der Waals surface area (Å²) in [7, 11) is 1.60. The normalized spacial score (nSPS) is 19.5. The van der Waals surface area contributed by atoms with E-state index in [1.165, 1.54) is 4.90 Å². The van der Waals surface area contributed by atoms with Gasteiger partial charge in [0, 0.05) is 20.0 Å². The molecule has 1 fully saturated rings. The van der Waals surface area contributed by atoms with Crippen molar-refractivity contribution < 1.29 is 18.3 Å². The van der Waals surface area contributed by atoms with Crippen LogP contribution in [0, 0.1) is 0 Å². The number of likely N-dealkylation sites (N-methyl/N-ethyl adjacent to an activating group) is 1. The highest BCUT2D eigenvalue weighted by Crippen LogP contribution is 2.25. The molecule has 22 heavy (non-hydrogen) atoms. The van der Waals surface area contributed by atoms with Crippen LogP contribution < -0.4 is 5.32 Å². The van der Waals surface area contributed by atoms with Crippen molar-refractivity contribution >= 4 is 18.3 Å². The number of rotatable bonds is 6. The standard InChI is InChI=1S/C15H20F2N2O2.ClH/c1-19(14(20)13-9-15(16,17)11-18-13)7-8-21-10-12-5-3-2-4-6-12;/h2-6,13,18H,7-11H2,1H3;1H. The van der Waals surface area contributed by atoms with E-state index in [-0.39, 0.29) is 18.3 Å². The van der Waals surface area contributed by atoms with E-state index in [2.05, 4.69) is 5.32 Å². The SMILES string of the molecule is CN(CCOCc1ccccc1)C(=O)C1CC(F)(F)CN1.Cl. The summed E-state index contributed by atoms with van der Waals surface area (Å²) in [6.07, 6.45) is -0.430. The Labute approximate surface area is 135 Å². The first-order valence-corrected chi connectivity index (χ1v) is 6.96. The molecule has 0 aromatic heterocycles. The topological polar surface area (TPSA) is 41.6 Å². The number of nitrogens with zero attached hydrogens (tertiary/aromatic N) is 1. The Kier molecular flexibility index (Phi) is 7.19. The van der Waals surface area contributed by atoms with Gasteiger partial charge in [0.05, 0.1) is 25.8 Å². The minimum atomic E-state index is -2.79. The molecule has 1 aromatic rings. The summed E-state index contributed by atoms with van der Waals surface area (Å²) in [6.45, 7) is 0.806. The maximum Gasteiger partial charge on any atom is 0.262 e. The molecule has 0 bridgehead atoms. The van der Waals surface area contributed by atoms with E-state index in [9.17, 15) is 13.6 Å². The Hall–Kier alpha value is -1.24. The Balaban J connectivity index is 0.00000242. The number of carbonyl (C=O) groups is 1. The van der Waals surface area contributed by atoms with Gasteiger partial charge in [-0.1, -0.05) is 30.3 Å². The molecular formula is C15H21ClF2N2O2. The molecule has 1 heterocycles. The molecule has 1 aliphatic heterocycles. The fourth-order valence-electron chi connectivity index (χ4n) is 2.23. The second-order valence-corrected chi connectivity index (χ2v) is 5.29. The molecule has 1 aromatic carbocycles. The molecule has 0 aliphatic carbocycles. The number of amides is 1. The van der Waals surface area contributed by atoms with Gasteiger partial charge in [0.2, 0.25) is 5.91 Å². The van der Waals surface area contributed by atoms with Crippen LogP contribution in [-0.4, -0.2) is 49.5 Å². The molecule has 0 spiro atoms. The van der Waals surface area contributed by atoms with Crippen LogP contribution in [-0.2, 0) is 16.1 Å². The third-order valence-corrected chi connectivity index (χ3v) is 3.47. The summed E-state index contributed by atoms with van der Waals surface area (Å²) in [5.74, 6) is -3.10. The van der Waals surface area contributed by atoms with Crippen molar-refractivity contribution in [2.24, 2.45) is 0 Å². The Morgan fingerprint density at radius 3 is 2.68 bits per heavy atom. The molecule has 1 amide bonds. The number of hydrogen-bond acceptors (Lipinski definition) is 3. The Morgan fingerprint density at radius 2 is 2.09 bits per heavy atom. The number of hydrogen-bond donors (Lipinski definition) is 1. The molecule has 0 saturated carbocycles. The summed E-state index contributed by atoms with van der Waals surface area (Å²) in [5, 5.41) is 2.56. The minimum absolute atomic E-state index is 0. The van der Waals surface area contributed by atoms with Crippen molar-refractivity contribution in [2.75, 3.05) is 26.7 Å². The zero-order valence-electron chi connectivity index (χ0n) is 12.4. The number of halogens is 3. The van der Waals surface area contributed by atoms with Crippen LogP contribution in [0.1, 0.15) is 12.0 Å². The van der Waals surface area contributed by atoms with Crippen molar-refractivity contribution in [1.82, 2.24) is 10.2 Å². The lowest BCUT2D eigenvalue weighted by atomic mass is 10.2. The fraction of sp³-hybridized carbons (Fsp3) is 0.533. The van der Waals surface area contributed by atoms with Gasteiger partial charge < -0.3 is 9.64 Å². The fourth-order valence-corrected chi connectivity index (χ4v) is 2.23. The first kappa shape index (κ1) is 18.8. The van der Waals surface area contributed by atoms with Gasteiger partial charge in [-0.25, -0.2) is 8.78 Å². The van der Waals surface area contributed by atoms with Crippen LogP contribution in [0.3, 0.4) is 0 Å². The van der Waals surface area contributed by atoms with Crippen LogP contribution in [0.15, 0.2) is 30.3 Å². The second kappa shape index (κ2) is 8.41. The van der Waals surface area contributed by atoms with Gasteiger partial charge in [0.25, 0.3) is 5.92 Å². The molecule has 7 heteroatoms. The average Bonchev–Trinajstić information content (AvgIpc) is 2.84. The monoisotopic (exact) mass is 334 g/mol. The number of carbonyl (C=O) groups excluding carboxylic acids is 1. The quantitative estimate of drug-likeness (QED) is 0.810. The first-order chi connectivity index (χ1) is 9.98. The van der Waals surface area contributed by atoms with Gasteiger partial charge in [-0.05, 0) is 5.56 Å². The van der Waals surface area contributed by atoms with E-state index in [0.717, 1.165) is 5.56 Å². The summed E-state index contributed by atoms with van der Waals surface area (Å²) in [6, 6.07) is 8.92. The highest BCUT2D eigenvalue weighted by Gasteiger charge is 2.42. The van der Waals surface area contributed by atoms with Crippen LogP contribution in [0.2, 0.25) is 0 Å². The maximum atomic E-state index is 13.1. The third kappa shape index (κ3) is 5.51. The summed E-state index contributed by atoms with van der Waals surface area (Å²) in [5.41, 5.74) is 1.06. The highest BCUT2D eigenvalue weighted by atomic mass is 35.5. The second-order valence-electron chi connectivity index (χ2n) is 5.29. The van der Waals surface area contributed by atoms with E-state index >= 15 is 0 Å². The Bertz CT molecular complexity index is 474. The molecule has 1 aliphatic rings. The van der Waals surface area contributed by atoms with Crippen LogP contribution >= 0.6 is 12.4 Å². The Morgan fingerprint density at radius 1 is 1.41 bits per heavy atom. The average molecular weight is 335 g/mol. The van der Waals surface area contributed by atoms with Crippen LogP contribution in [0.4, 0.5) is 8.78 Å². The van der Waals surface area contributed by atoms with Crippen molar-refractivity contribution in [3.63, 3.8) is 0 Å². The van der Waals surface area contributed by atoms with E-state index < -0.39 is 24.9 Å². The lowest BCUT2D eigenvalue weighted by Gasteiger charge is -2.21. The molecule has 124 valence electrons. The lowest BCUT2D eigenvalue weighted by molar-refractivity contribution is -0.133. The summed E-state index contributed by atoms with van der Waals surface area (Å²) in [4.78, 5) is 13.4. The smallest absolute Gasteiger partial charge is 0.262 e. The molecule has 0 radical (unpaired) electrons. The van der Waals surface area contributed by atoms with Gasteiger partial charge in [-0.3, -0.25) is 10.1 Å². The number of ether oxygens (including phenoxy) is 1. The van der Waals surface area contributed by atoms with Crippen molar-refractivity contribution in [1.29, 1.82) is 0 Å². The zero-order chi connectivity index (χ0) is 15.3. The zero-order valence-corrected chi connectivity index (χ0v) is 13.2. The predicted octanol–water partition coefficient (Wildman–Crippen LogP) is 2.08. The number of benzene rings is 1. The highest BCUT2D eigenvalue weighted by molar-refractivity contribution is 5.85. The molecule has 1 saturated heterocycles. The molecule has 1 atom stereocenters. The van der Waals surface area contributed by atoms with Crippen molar-refractivity contribution in [3.8, 4) is 0 Å². The molecular weight excluding hydrogens is 314 g/mol. The first-order valence-electron chi connectivity index (χ1n) is 6.96. The van der Waals surface area contributed by atoms with Gasteiger partial charge in [0.1, 0.15) is 0 Å². The van der Waals surface area contributed by atoms with E-state index in [0.29, 0.717) is 19.8 Å². The van der Waals surface area contributed by atoms with Gasteiger partial charge >= 0.3 is 0 Å². The molecule has 1 N–H and O–H groups in total. The number of alkyl halides is 2. The van der Waals surface area contributed by atoms with Crippen molar-refractivity contribution in [3.05, 3.63) is 35.9 Å². The minimum Gasteiger partial charge on any atom is -0.375 e. The van der Waals surface area contributed by atoms with Gasteiger partial charge in [-0.2, -0.15) is 0 Å². The van der Waals surface area contributed by atoms with Gasteiger partial charge in [-0.15, -0.1) is 12.4 Å². The van der Waals surface area contributed by atoms with Crippen LogP contribution in [0.5, 0.6) is 0 Å². The van der Waals surface area contributed by atoms with E-state index in [4.69, 9.17) is 4.74 Å². The predicted molar refractivity (Wildman–Crippen MR) is 82.3 cm³/mol. The van der Waals surface area contributed by atoms with Gasteiger partial charge in [0.15, 0.2) is 0 Å². The summed E-state index contributed by atoms with van der Waals surface area (Å²) >= 11 is 0.